The van der Waals surface area contributed by atoms with Gasteiger partial charge in [-0.15, -0.1) is 11.3 Å². The zero-order valence-corrected chi connectivity index (χ0v) is 11.5. The first-order valence-corrected chi connectivity index (χ1v) is 6.87. The van der Waals surface area contributed by atoms with Crippen LogP contribution >= 0.6 is 11.3 Å². The summed E-state index contributed by atoms with van der Waals surface area (Å²) in [5.74, 6) is 0. The second-order valence-electron chi connectivity index (χ2n) is 3.88. The maximum Gasteiger partial charge on any atom is 0.114 e. The van der Waals surface area contributed by atoms with Crippen molar-refractivity contribution in [2.24, 2.45) is 0 Å². The molecule has 2 aromatic heterocycles. The summed E-state index contributed by atoms with van der Waals surface area (Å²) in [5.41, 5.74) is 1.14. The molecule has 18 heavy (non-hydrogen) atoms. The number of aromatic nitrogens is 3. The molecule has 0 saturated heterocycles. The SMILES string of the molecule is CCn1cc(C(NCCOC)c2nccs2)cn1. The average molecular weight is 266 g/mol. The lowest BCUT2D eigenvalue weighted by atomic mass is 10.2. The van der Waals surface area contributed by atoms with E-state index in [-0.39, 0.29) is 6.04 Å². The number of hydrogen-bond donors (Lipinski definition) is 1. The summed E-state index contributed by atoms with van der Waals surface area (Å²) in [6.07, 6.45) is 5.79. The van der Waals surface area contributed by atoms with Crippen LogP contribution in [0.4, 0.5) is 0 Å². The minimum Gasteiger partial charge on any atom is -0.383 e. The number of aryl methyl sites for hydroxylation is 1. The van der Waals surface area contributed by atoms with E-state index in [1.165, 1.54) is 0 Å². The number of hydrogen-bond acceptors (Lipinski definition) is 5. The van der Waals surface area contributed by atoms with E-state index in [1.54, 1.807) is 18.4 Å². The van der Waals surface area contributed by atoms with Crippen molar-refractivity contribution in [3.63, 3.8) is 0 Å². The third kappa shape index (κ3) is 3.16. The van der Waals surface area contributed by atoms with Gasteiger partial charge in [0.1, 0.15) is 5.01 Å². The van der Waals surface area contributed by atoms with Crippen molar-refractivity contribution in [1.82, 2.24) is 20.1 Å². The van der Waals surface area contributed by atoms with Gasteiger partial charge < -0.3 is 10.1 Å². The summed E-state index contributed by atoms with van der Waals surface area (Å²) >= 11 is 1.65. The molecule has 0 aliphatic heterocycles. The van der Waals surface area contributed by atoms with Crippen LogP contribution in [-0.4, -0.2) is 35.0 Å². The van der Waals surface area contributed by atoms with Crippen LogP contribution in [0, 0.1) is 0 Å². The van der Waals surface area contributed by atoms with E-state index >= 15 is 0 Å². The average Bonchev–Trinajstić information content (AvgIpc) is 3.05. The number of nitrogens with zero attached hydrogens (tertiary/aromatic N) is 3. The molecular formula is C12H18N4OS. The fourth-order valence-corrected chi connectivity index (χ4v) is 2.47. The number of rotatable bonds is 7. The normalized spacial score (nSPS) is 12.8. The van der Waals surface area contributed by atoms with Crippen molar-refractivity contribution in [1.29, 1.82) is 0 Å². The van der Waals surface area contributed by atoms with Gasteiger partial charge in [-0.2, -0.15) is 5.10 Å². The monoisotopic (exact) mass is 266 g/mol. The van der Waals surface area contributed by atoms with E-state index in [4.69, 9.17) is 4.74 Å². The van der Waals surface area contributed by atoms with Crippen LogP contribution in [0.3, 0.4) is 0 Å². The molecule has 0 amide bonds. The molecule has 5 nitrogen and oxygen atoms in total. The Morgan fingerprint density at radius 2 is 2.44 bits per heavy atom. The Balaban J connectivity index is 2.13. The molecule has 0 aliphatic rings. The third-order valence-electron chi connectivity index (χ3n) is 2.66. The van der Waals surface area contributed by atoms with Crippen molar-refractivity contribution >= 4 is 11.3 Å². The Morgan fingerprint density at radius 3 is 3.06 bits per heavy atom. The first-order chi connectivity index (χ1) is 8.85. The van der Waals surface area contributed by atoms with Gasteiger partial charge in [-0.1, -0.05) is 0 Å². The Bertz CT molecular complexity index is 454. The molecule has 2 aromatic rings. The van der Waals surface area contributed by atoms with Crippen molar-refractivity contribution in [2.75, 3.05) is 20.3 Å². The van der Waals surface area contributed by atoms with Crippen LogP contribution in [0.25, 0.3) is 0 Å². The van der Waals surface area contributed by atoms with Crippen LogP contribution in [0.2, 0.25) is 0 Å². The highest BCUT2D eigenvalue weighted by atomic mass is 32.1. The molecule has 0 bridgehead atoms. The largest absolute Gasteiger partial charge is 0.383 e. The van der Waals surface area contributed by atoms with E-state index in [1.807, 2.05) is 22.5 Å². The van der Waals surface area contributed by atoms with Gasteiger partial charge in [-0.25, -0.2) is 4.98 Å². The molecule has 98 valence electrons. The van der Waals surface area contributed by atoms with Crippen LogP contribution < -0.4 is 5.32 Å². The molecule has 2 rings (SSSR count). The van der Waals surface area contributed by atoms with Crippen molar-refractivity contribution < 1.29 is 4.74 Å². The number of methoxy groups -OCH3 is 1. The van der Waals surface area contributed by atoms with Gasteiger partial charge >= 0.3 is 0 Å². The van der Waals surface area contributed by atoms with E-state index < -0.39 is 0 Å². The number of thiazole rings is 1. The molecule has 0 radical (unpaired) electrons. The minimum absolute atomic E-state index is 0.0976. The quantitative estimate of drug-likeness (QED) is 0.775. The highest BCUT2D eigenvalue weighted by molar-refractivity contribution is 7.09. The second-order valence-corrected chi connectivity index (χ2v) is 4.81. The lowest BCUT2D eigenvalue weighted by Crippen LogP contribution is -2.25. The van der Waals surface area contributed by atoms with Gasteiger partial charge in [0, 0.05) is 43.5 Å². The van der Waals surface area contributed by atoms with Gasteiger partial charge in [-0.05, 0) is 6.92 Å². The van der Waals surface area contributed by atoms with E-state index in [0.29, 0.717) is 6.61 Å². The predicted molar refractivity (Wildman–Crippen MR) is 71.7 cm³/mol. The molecule has 0 saturated carbocycles. The molecule has 0 fully saturated rings. The number of ether oxygens (including phenoxy) is 1. The molecular weight excluding hydrogens is 248 g/mol. The van der Waals surface area contributed by atoms with E-state index in [9.17, 15) is 0 Å². The lowest BCUT2D eigenvalue weighted by Gasteiger charge is -2.14. The van der Waals surface area contributed by atoms with Crippen LogP contribution in [0.15, 0.2) is 24.0 Å². The standard InChI is InChI=1S/C12H18N4OS/c1-3-16-9-10(8-15-16)11(13-4-6-17-2)12-14-5-7-18-12/h5,7-9,11,13H,3-4,6H2,1-2H3. The summed E-state index contributed by atoms with van der Waals surface area (Å²) in [6.45, 7) is 4.43. The molecule has 0 aliphatic carbocycles. The van der Waals surface area contributed by atoms with Gasteiger partial charge in [0.2, 0.25) is 0 Å². The Kier molecular flexibility index (Phi) is 4.86. The fraction of sp³-hybridized carbons (Fsp3) is 0.500. The Morgan fingerprint density at radius 1 is 1.56 bits per heavy atom. The van der Waals surface area contributed by atoms with Gasteiger partial charge in [0.15, 0.2) is 0 Å². The van der Waals surface area contributed by atoms with Crippen LogP contribution in [0.1, 0.15) is 23.5 Å². The summed E-state index contributed by atoms with van der Waals surface area (Å²) in [7, 11) is 1.70. The van der Waals surface area contributed by atoms with Crippen molar-refractivity contribution in [2.45, 2.75) is 19.5 Å². The van der Waals surface area contributed by atoms with E-state index in [0.717, 1.165) is 23.7 Å². The molecule has 2 heterocycles. The van der Waals surface area contributed by atoms with Crippen molar-refractivity contribution in [3.05, 3.63) is 34.5 Å². The van der Waals surface area contributed by atoms with Gasteiger partial charge in [0.05, 0.1) is 18.8 Å². The van der Waals surface area contributed by atoms with Crippen molar-refractivity contribution in [3.8, 4) is 0 Å². The topological polar surface area (TPSA) is 52.0 Å². The zero-order valence-electron chi connectivity index (χ0n) is 10.7. The molecule has 6 heteroatoms. The molecule has 0 aromatic carbocycles. The zero-order chi connectivity index (χ0) is 12.8. The maximum atomic E-state index is 5.07. The van der Waals surface area contributed by atoms with Gasteiger partial charge in [-0.3, -0.25) is 4.68 Å². The predicted octanol–water partition coefficient (Wildman–Crippen LogP) is 1.68. The first-order valence-electron chi connectivity index (χ1n) is 5.99. The second kappa shape index (κ2) is 6.63. The summed E-state index contributed by atoms with van der Waals surface area (Å²) in [4.78, 5) is 4.38. The minimum atomic E-state index is 0.0976. The highest BCUT2D eigenvalue weighted by Gasteiger charge is 2.17. The lowest BCUT2D eigenvalue weighted by molar-refractivity contribution is 0.197. The number of nitrogens with one attached hydrogen (secondary N) is 1. The summed E-state index contributed by atoms with van der Waals surface area (Å²) in [6, 6.07) is 0.0976. The summed E-state index contributed by atoms with van der Waals surface area (Å²) < 4.78 is 7.00. The molecule has 1 N–H and O–H groups in total. The van der Waals surface area contributed by atoms with Crippen LogP contribution in [0.5, 0.6) is 0 Å². The maximum absolute atomic E-state index is 5.07. The Hall–Kier alpha value is -1.24. The fourth-order valence-electron chi connectivity index (χ4n) is 1.73. The highest BCUT2D eigenvalue weighted by Crippen LogP contribution is 2.23. The van der Waals surface area contributed by atoms with Crippen LogP contribution in [-0.2, 0) is 11.3 Å². The summed E-state index contributed by atoms with van der Waals surface area (Å²) in [5, 5.41) is 10.8. The molecule has 1 atom stereocenters. The van der Waals surface area contributed by atoms with Gasteiger partial charge in [0.25, 0.3) is 0 Å². The Labute approximate surface area is 111 Å². The molecule has 0 spiro atoms. The molecule has 1 unspecified atom stereocenters. The van der Waals surface area contributed by atoms with E-state index in [2.05, 4.69) is 28.5 Å². The third-order valence-corrected chi connectivity index (χ3v) is 3.50. The first kappa shape index (κ1) is 13.2. The smallest absolute Gasteiger partial charge is 0.114 e.